The number of carboxylic acids is 1. The minimum Gasteiger partial charge on any atom is -0.496 e. The first-order chi connectivity index (χ1) is 9.02. The fourth-order valence-corrected chi connectivity index (χ4v) is 1.93. The second-order valence-corrected chi connectivity index (χ2v) is 4.18. The molecule has 2 aromatic carbocycles. The highest BCUT2D eigenvalue weighted by atomic mass is 19.1. The molecular formula is C15H13FO3. The van der Waals surface area contributed by atoms with Gasteiger partial charge in [0.05, 0.1) is 12.7 Å². The molecule has 0 fully saturated rings. The molecule has 0 bridgehead atoms. The highest BCUT2D eigenvalue weighted by Gasteiger charge is 2.12. The van der Waals surface area contributed by atoms with Crippen LogP contribution in [0.15, 0.2) is 36.4 Å². The van der Waals surface area contributed by atoms with Crippen LogP contribution in [0.1, 0.15) is 15.9 Å². The third-order valence-electron chi connectivity index (χ3n) is 2.94. The van der Waals surface area contributed by atoms with Crippen LogP contribution in [0, 0.1) is 12.7 Å². The van der Waals surface area contributed by atoms with Crippen molar-refractivity contribution in [3.63, 3.8) is 0 Å². The summed E-state index contributed by atoms with van der Waals surface area (Å²) in [6.07, 6.45) is 0. The second-order valence-electron chi connectivity index (χ2n) is 4.18. The van der Waals surface area contributed by atoms with Crippen LogP contribution in [0.25, 0.3) is 11.1 Å². The lowest BCUT2D eigenvalue weighted by Gasteiger charge is -2.12. The maximum Gasteiger partial charge on any atom is 0.335 e. The molecule has 0 saturated carbocycles. The summed E-state index contributed by atoms with van der Waals surface area (Å²) in [4.78, 5) is 10.9. The number of methoxy groups -OCH3 is 1. The van der Waals surface area contributed by atoms with E-state index in [1.807, 2.05) is 6.92 Å². The predicted octanol–water partition coefficient (Wildman–Crippen LogP) is 3.51. The number of rotatable bonds is 3. The van der Waals surface area contributed by atoms with E-state index in [4.69, 9.17) is 9.84 Å². The van der Waals surface area contributed by atoms with Crippen molar-refractivity contribution in [2.45, 2.75) is 6.92 Å². The van der Waals surface area contributed by atoms with Crippen LogP contribution in [0.3, 0.4) is 0 Å². The zero-order valence-corrected chi connectivity index (χ0v) is 10.6. The summed E-state index contributed by atoms with van der Waals surface area (Å²) in [5, 5.41) is 8.95. The summed E-state index contributed by atoms with van der Waals surface area (Å²) in [6, 6.07) is 9.01. The lowest BCUT2D eigenvalue weighted by molar-refractivity contribution is 0.0696. The number of hydrogen-bond donors (Lipinski definition) is 1. The molecule has 3 nitrogen and oxygen atoms in total. The molecule has 4 heteroatoms. The monoisotopic (exact) mass is 260 g/mol. The summed E-state index contributed by atoms with van der Waals surface area (Å²) in [6.45, 7) is 1.86. The predicted molar refractivity (Wildman–Crippen MR) is 70.1 cm³/mol. The Morgan fingerprint density at radius 3 is 2.53 bits per heavy atom. The normalized spacial score (nSPS) is 10.3. The highest BCUT2D eigenvalue weighted by molar-refractivity contribution is 5.90. The van der Waals surface area contributed by atoms with Crippen LogP contribution >= 0.6 is 0 Å². The number of benzene rings is 2. The maximum absolute atomic E-state index is 13.3. The molecule has 19 heavy (non-hydrogen) atoms. The van der Waals surface area contributed by atoms with Gasteiger partial charge < -0.3 is 9.84 Å². The zero-order valence-electron chi connectivity index (χ0n) is 10.6. The van der Waals surface area contributed by atoms with E-state index in [0.29, 0.717) is 16.9 Å². The van der Waals surface area contributed by atoms with Gasteiger partial charge in [-0.3, -0.25) is 0 Å². The van der Waals surface area contributed by atoms with Gasteiger partial charge in [0.2, 0.25) is 0 Å². The van der Waals surface area contributed by atoms with Gasteiger partial charge in [-0.05, 0) is 48.4 Å². The fraction of sp³-hybridized carbons (Fsp3) is 0.133. The SMILES string of the molecule is COc1cc(C(=O)O)ccc1-c1cc(F)ccc1C. The van der Waals surface area contributed by atoms with E-state index >= 15 is 0 Å². The Labute approximate surface area is 110 Å². The van der Waals surface area contributed by atoms with Crippen LogP contribution in [-0.4, -0.2) is 18.2 Å². The smallest absolute Gasteiger partial charge is 0.335 e. The van der Waals surface area contributed by atoms with Crippen LogP contribution < -0.4 is 4.74 Å². The third kappa shape index (κ3) is 2.57. The van der Waals surface area contributed by atoms with E-state index in [1.54, 1.807) is 12.1 Å². The second kappa shape index (κ2) is 5.10. The van der Waals surface area contributed by atoms with Gasteiger partial charge in [-0.2, -0.15) is 0 Å². The molecule has 2 rings (SSSR count). The third-order valence-corrected chi connectivity index (χ3v) is 2.94. The number of aryl methyl sites for hydroxylation is 1. The number of aromatic carboxylic acids is 1. The Bertz CT molecular complexity index is 635. The molecule has 0 aliphatic carbocycles. The van der Waals surface area contributed by atoms with E-state index in [1.165, 1.54) is 31.4 Å². The molecule has 0 saturated heterocycles. The maximum atomic E-state index is 13.3. The zero-order chi connectivity index (χ0) is 14.0. The highest BCUT2D eigenvalue weighted by Crippen LogP contribution is 2.33. The molecule has 0 aliphatic rings. The fourth-order valence-electron chi connectivity index (χ4n) is 1.93. The summed E-state index contributed by atoms with van der Waals surface area (Å²) >= 11 is 0. The van der Waals surface area contributed by atoms with Crippen molar-refractivity contribution in [2.75, 3.05) is 7.11 Å². The van der Waals surface area contributed by atoms with Crippen molar-refractivity contribution in [1.82, 2.24) is 0 Å². The molecule has 0 atom stereocenters. The molecule has 0 aromatic heterocycles. The number of halogens is 1. The van der Waals surface area contributed by atoms with E-state index in [-0.39, 0.29) is 11.4 Å². The van der Waals surface area contributed by atoms with Gasteiger partial charge in [0.15, 0.2) is 0 Å². The summed E-state index contributed by atoms with van der Waals surface area (Å²) in [7, 11) is 1.46. The van der Waals surface area contributed by atoms with Crippen molar-refractivity contribution in [1.29, 1.82) is 0 Å². The van der Waals surface area contributed by atoms with Crippen LogP contribution in [0.2, 0.25) is 0 Å². The lowest BCUT2D eigenvalue weighted by atomic mass is 9.98. The van der Waals surface area contributed by atoms with Gasteiger partial charge >= 0.3 is 5.97 Å². The average Bonchev–Trinajstić information content (AvgIpc) is 2.40. The Morgan fingerprint density at radius 2 is 1.89 bits per heavy atom. The molecule has 98 valence electrons. The minimum atomic E-state index is -1.03. The quantitative estimate of drug-likeness (QED) is 0.918. The first-order valence-electron chi connectivity index (χ1n) is 5.71. The minimum absolute atomic E-state index is 0.134. The van der Waals surface area contributed by atoms with E-state index in [9.17, 15) is 9.18 Å². The van der Waals surface area contributed by atoms with Crippen LogP contribution in [-0.2, 0) is 0 Å². The molecule has 0 spiro atoms. The molecule has 2 aromatic rings. The summed E-state index contributed by atoms with van der Waals surface area (Å²) in [5.74, 6) is -0.959. The van der Waals surface area contributed by atoms with E-state index in [0.717, 1.165) is 5.56 Å². The van der Waals surface area contributed by atoms with Crippen molar-refractivity contribution in [3.05, 3.63) is 53.3 Å². The average molecular weight is 260 g/mol. The molecule has 0 heterocycles. The summed E-state index contributed by atoms with van der Waals surface area (Å²) in [5.41, 5.74) is 2.38. The first-order valence-corrected chi connectivity index (χ1v) is 5.71. The van der Waals surface area contributed by atoms with E-state index in [2.05, 4.69) is 0 Å². The number of carboxylic acid groups (broad SMARTS) is 1. The molecule has 0 aliphatic heterocycles. The standard InChI is InChI=1S/C15H13FO3/c1-9-3-5-11(16)8-13(9)12-6-4-10(15(17)18)7-14(12)19-2/h3-8H,1-2H3,(H,17,18). The Hall–Kier alpha value is -2.36. The van der Waals surface area contributed by atoms with Gasteiger partial charge in [-0.25, -0.2) is 9.18 Å². The topological polar surface area (TPSA) is 46.5 Å². The number of hydrogen-bond acceptors (Lipinski definition) is 2. The van der Waals surface area contributed by atoms with Gasteiger partial charge in [-0.1, -0.05) is 6.07 Å². The number of carbonyl (C=O) groups is 1. The van der Waals surface area contributed by atoms with Crippen LogP contribution in [0.4, 0.5) is 4.39 Å². The molecule has 0 unspecified atom stereocenters. The largest absolute Gasteiger partial charge is 0.496 e. The Balaban J connectivity index is 2.62. The van der Waals surface area contributed by atoms with E-state index < -0.39 is 5.97 Å². The van der Waals surface area contributed by atoms with Crippen molar-refractivity contribution < 1.29 is 19.0 Å². The van der Waals surface area contributed by atoms with Crippen LogP contribution in [0.5, 0.6) is 5.75 Å². The number of ether oxygens (including phenoxy) is 1. The van der Waals surface area contributed by atoms with Crippen molar-refractivity contribution in [2.24, 2.45) is 0 Å². The summed E-state index contributed by atoms with van der Waals surface area (Å²) < 4.78 is 18.5. The van der Waals surface area contributed by atoms with Gasteiger partial charge in [0.25, 0.3) is 0 Å². The van der Waals surface area contributed by atoms with Crippen molar-refractivity contribution in [3.8, 4) is 16.9 Å². The Kier molecular flexibility index (Phi) is 3.51. The molecule has 0 radical (unpaired) electrons. The first kappa shape index (κ1) is 13.1. The molecule has 1 N–H and O–H groups in total. The van der Waals surface area contributed by atoms with Gasteiger partial charge in [0.1, 0.15) is 11.6 Å². The molecular weight excluding hydrogens is 247 g/mol. The Morgan fingerprint density at radius 1 is 1.16 bits per heavy atom. The molecule has 0 amide bonds. The van der Waals surface area contributed by atoms with Gasteiger partial charge in [0, 0.05) is 5.56 Å². The van der Waals surface area contributed by atoms with Gasteiger partial charge in [-0.15, -0.1) is 0 Å². The lowest BCUT2D eigenvalue weighted by Crippen LogP contribution is -1.98. The van der Waals surface area contributed by atoms with Crippen molar-refractivity contribution >= 4 is 5.97 Å².